The summed E-state index contributed by atoms with van der Waals surface area (Å²) in [6.07, 6.45) is 0. The van der Waals surface area contributed by atoms with Crippen LogP contribution in [0.2, 0.25) is 0 Å². The summed E-state index contributed by atoms with van der Waals surface area (Å²) in [4.78, 5) is 12.6. The van der Waals surface area contributed by atoms with Crippen LogP contribution in [0.1, 0.15) is 16.1 Å². The van der Waals surface area contributed by atoms with Gasteiger partial charge in [-0.2, -0.15) is 5.10 Å². The van der Waals surface area contributed by atoms with Crippen LogP contribution < -0.4 is 5.32 Å². The molecule has 1 heterocycles. The normalized spacial score (nSPS) is 10.8. The van der Waals surface area contributed by atoms with Crippen LogP contribution in [0.25, 0.3) is 22.0 Å². The molecule has 4 rings (SSSR count). The monoisotopic (exact) mass is 405 g/mol. The Morgan fingerprint density at radius 3 is 2.69 bits per heavy atom. The third-order valence-electron chi connectivity index (χ3n) is 4.26. The fourth-order valence-corrected chi connectivity index (χ4v) is 3.53. The highest BCUT2D eigenvalue weighted by molar-refractivity contribution is 9.10. The maximum atomic E-state index is 12.6. The second kappa shape index (κ2) is 6.77. The predicted molar refractivity (Wildman–Crippen MR) is 108 cm³/mol. The summed E-state index contributed by atoms with van der Waals surface area (Å²) >= 11 is 3.48. The molecule has 4 nitrogen and oxygen atoms in total. The summed E-state index contributed by atoms with van der Waals surface area (Å²) in [5, 5.41) is 12.3. The number of H-pyrrole nitrogens is 1. The first kappa shape index (κ1) is 16.5. The number of rotatable bonds is 3. The van der Waals surface area contributed by atoms with E-state index in [1.807, 2.05) is 49.4 Å². The molecule has 1 aromatic heterocycles. The zero-order valence-electron chi connectivity index (χ0n) is 14.1. The van der Waals surface area contributed by atoms with Crippen LogP contribution in [-0.4, -0.2) is 16.1 Å². The third-order valence-corrected chi connectivity index (χ3v) is 4.92. The van der Waals surface area contributed by atoms with Gasteiger partial charge in [0.1, 0.15) is 5.69 Å². The third kappa shape index (κ3) is 3.13. The van der Waals surface area contributed by atoms with Crippen molar-refractivity contribution in [1.82, 2.24) is 10.2 Å². The molecule has 0 saturated heterocycles. The lowest BCUT2D eigenvalue weighted by molar-refractivity contribution is 0.102. The van der Waals surface area contributed by atoms with Crippen LogP contribution in [0.15, 0.2) is 71.2 Å². The van der Waals surface area contributed by atoms with Gasteiger partial charge in [-0.3, -0.25) is 9.89 Å². The summed E-state index contributed by atoms with van der Waals surface area (Å²) in [7, 11) is 0. The molecule has 0 bridgehead atoms. The average molecular weight is 406 g/mol. The number of benzene rings is 3. The van der Waals surface area contributed by atoms with E-state index in [0.717, 1.165) is 37.8 Å². The van der Waals surface area contributed by atoms with E-state index in [0.29, 0.717) is 5.69 Å². The Labute approximate surface area is 159 Å². The minimum atomic E-state index is -0.228. The van der Waals surface area contributed by atoms with Crippen molar-refractivity contribution in [2.24, 2.45) is 0 Å². The van der Waals surface area contributed by atoms with Gasteiger partial charge >= 0.3 is 0 Å². The van der Waals surface area contributed by atoms with Gasteiger partial charge in [0, 0.05) is 10.0 Å². The van der Waals surface area contributed by atoms with Gasteiger partial charge in [0.25, 0.3) is 5.91 Å². The van der Waals surface area contributed by atoms with Gasteiger partial charge < -0.3 is 5.32 Å². The van der Waals surface area contributed by atoms with Crippen molar-refractivity contribution in [3.63, 3.8) is 0 Å². The highest BCUT2D eigenvalue weighted by Crippen LogP contribution is 2.28. The number of carbonyl (C=O) groups excluding carboxylic acids is 1. The quantitative estimate of drug-likeness (QED) is 0.469. The minimum Gasteiger partial charge on any atom is -0.320 e. The van der Waals surface area contributed by atoms with E-state index in [1.54, 1.807) is 6.07 Å². The van der Waals surface area contributed by atoms with Gasteiger partial charge in [-0.05, 0) is 57.4 Å². The zero-order valence-corrected chi connectivity index (χ0v) is 15.7. The molecule has 4 aromatic rings. The second-order valence-electron chi connectivity index (χ2n) is 6.13. The smallest absolute Gasteiger partial charge is 0.273 e. The van der Waals surface area contributed by atoms with Crippen molar-refractivity contribution in [2.45, 2.75) is 6.92 Å². The number of halogens is 1. The standard InChI is InChI=1S/C21H16BrN3O/c1-13-9-10-18(17(22)11-13)23-21(26)20-12-19(24-25-20)16-8-4-6-14-5-2-3-7-15(14)16/h2-12H,1H3,(H,23,26)(H,24,25). The maximum Gasteiger partial charge on any atom is 0.273 e. The molecule has 0 saturated carbocycles. The first-order valence-electron chi connectivity index (χ1n) is 8.23. The lowest BCUT2D eigenvalue weighted by atomic mass is 10.0. The summed E-state index contributed by atoms with van der Waals surface area (Å²) < 4.78 is 0.847. The number of aromatic amines is 1. The molecule has 5 heteroatoms. The first-order valence-corrected chi connectivity index (χ1v) is 9.02. The van der Waals surface area contributed by atoms with E-state index < -0.39 is 0 Å². The van der Waals surface area contributed by atoms with Gasteiger partial charge in [-0.25, -0.2) is 0 Å². The van der Waals surface area contributed by atoms with E-state index in [4.69, 9.17) is 0 Å². The Morgan fingerprint density at radius 2 is 1.85 bits per heavy atom. The lowest BCUT2D eigenvalue weighted by Gasteiger charge is -2.06. The number of aromatic nitrogens is 2. The van der Waals surface area contributed by atoms with Gasteiger partial charge in [-0.1, -0.05) is 48.5 Å². The van der Waals surface area contributed by atoms with Crippen molar-refractivity contribution >= 4 is 38.3 Å². The molecule has 26 heavy (non-hydrogen) atoms. The van der Waals surface area contributed by atoms with Crippen molar-refractivity contribution in [2.75, 3.05) is 5.32 Å². The molecule has 0 aliphatic carbocycles. The van der Waals surface area contributed by atoms with Crippen LogP contribution in [0.3, 0.4) is 0 Å². The number of hydrogen-bond acceptors (Lipinski definition) is 2. The highest BCUT2D eigenvalue weighted by Gasteiger charge is 2.14. The molecule has 0 aliphatic heterocycles. The van der Waals surface area contributed by atoms with Crippen LogP contribution in [0.4, 0.5) is 5.69 Å². The SMILES string of the molecule is Cc1ccc(NC(=O)c2cc(-c3cccc4ccccc34)n[nH]2)c(Br)c1. The molecule has 128 valence electrons. The topological polar surface area (TPSA) is 57.8 Å². The Bertz CT molecular complexity index is 1110. The van der Waals surface area contributed by atoms with E-state index in [-0.39, 0.29) is 5.91 Å². The van der Waals surface area contributed by atoms with Crippen LogP contribution in [0.5, 0.6) is 0 Å². The Balaban J connectivity index is 1.64. The molecule has 1 amide bonds. The van der Waals surface area contributed by atoms with E-state index in [9.17, 15) is 4.79 Å². The Hall–Kier alpha value is -2.92. The first-order chi connectivity index (χ1) is 12.6. The number of nitrogens with zero attached hydrogens (tertiary/aromatic N) is 1. The number of anilines is 1. The van der Waals surface area contributed by atoms with Gasteiger partial charge in [0.2, 0.25) is 0 Å². The van der Waals surface area contributed by atoms with E-state index in [1.165, 1.54) is 0 Å². The minimum absolute atomic E-state index is 0.228. The number of hydrogen-bond donors (Lipinski definition) is 2. The molecule has 0 fully saturated rings. The fourth-order valence-electron chi connectivity index (χ4n) is 2.94. The lowest BCUT2D eigenvalue weighted by Crippen LogP contribution is -2.12. The zero-order chi connectivity index (χ0) is 18.1. The molecule has 3 aromatic carbocycles. The van der Waals surface area contributed by atoms with E-state index in [2.05, 4.69) is 49.6 Å². The predicted octanol–water partition coefficient (Wildman–Crippen LogP) is 5.55. The molecule has 0 aliphatic rings. The summed E-state index contributed by atoms with van der Waals surface area (Å²) in [5.41, 5.74) is 4.00. The number of fused-ring (bicyclic) bond motifs is 1. The van der Waals surface area contributed by atoms with Crippen LogP contribution in [-0.2, 0) is 0 Å². The molecular formula is C21H16BrN3O. The van der Waals surface area contributed by atoms with Crippen molar-refractivity contribution in [3.05, 3.63) is 82.5 Å². The molecule has 0 unspecified atom stereocenters. The fraction of sp³-hybridized carbons (Fsp3) is 0.0476. The van der Waals surface area contributed by atoms with Crippen LogP contribution in [0, 0.1) is 6.92 Å². The summed E-state index contributed by atoms with van der Waals surface area (Å²) in [5.74, 6) is -0.228. The highest BCUT2D eigenvalue weighted by atomic mass is 79.9. The van der Waals surface area contributed by atoms with Gasteiger partial charge in [0.15, 0.2) is 0 Å². The Kier molecular flexibility index (Phi) is 4.31. The van der Waals surface area contributed by atoms with Crippen LogP contribution >= 0.6 is 15.9 Å². The van der Waals surface area contributed by atoms with Crippen molar-refractivity contribution in [3.8, 4) is 11.3 Å². The number of aryl methyl sites for hydroxylation is 1. The molecule has 0 spiro atoms. The van der Waals surface area contributed by atoms with E-state index >= 15 is 0 Å². The Morgan fingerprint density at radius 1 is 1.04 bits per heavy atom. The van der Waals surface area contributed by atoms with Crippen molar-refractivity contribution in [1.29, 1.82) is 0 Å². The van der Waals surface area contributed by atoms with Gasteiger partial charge in [0.05, 0.1) is 11.4 Å². The second-order valence-corrected chi connectivity index (χ2v) is 6.99. The number of nitrogens with one attached hydrogen (secondary N) is 2. The molecular weight excluding hydrogens is 390 g/mol. The summed E-state index contributed by atoms with van der Waals surface area (Å²) in [6, 6.07) is 21.8. The summed E-state index contributed by atoms with van der Waals surface area (Å²) in [6.45, 7) is 2.00. The molecule has 2 N–H and O–H groups in total. The number of amides is 1. The average Bonchev–Trinajstić information content (AvgIpc) is 3.13. The van der Waals surface area contributed by atoms with Crippen molar-refractivity contribution < 1.29 is 4.79 Å². The number of carbonyl (C=O) groups is 1. The largest absolute Gasteiger partial charge is 0.320 e. The maximum absolute atomic E-state index is 12.6. The molecule has 0 atom stereocenters. The molecule has 0 radical (unpaired) electrons. The van der Waals surface area contributed by atoms with Gasteiger partial charge in [-0.15, -0.1) is 0 Å².